The van der Waals surface area contributed by atoms with E-state index >= 15 is 0 Å². The van der Waals surface area contributed by atoms with Crippen molar-refractivity contribution in [2.45, 2.75) is 23.8 Å². The molecule has 1 amide bonds. The molecule has 0 saturated heterocycles. The monoisotopic (exact) mass is 457 g/mol. The Morgan fingerprint density at radius 2 is 1.62 bits per heavy atom. The van der Waals surface area contributed by atoms with Crippen LogP contribution in [0.15, 0.2) is 53.4 Å². The Balaban J connectivity index is 1.59. The highest BCUT2D eigenvalue weighted by Gasteiger charge is 2.27. The van der Waals surface area contributed by atoms with Gasteiger partial charge in [0.1, 0.15) is 0 Å². The molecule has 0 bridgehead atoms. The Morgan fingerprint density at radius 3 is 2.21 bits per heavy atom. The number of anilines is 1. The van der Waals surface area contributed by atoms with Gasteiger partial charge in [-0.1, -0.05) is 0 Å². The van der Waals surface area contributed by atoms with Crippen LogP contribution >= 0.6 is 22.6 Å². The molecule has 3 N–H and O–H groups in total. The average molecular weight is 457 g/mol. The van der Waals surface area contributed by atoms with E-state index in [1.165, 1.54) is 12.1 Å². The smallest absolute Gasteiger partial charge is 0.269 e. The lowest BCUT2D eigenvalue weighted by Gasteiger charge is -2.10. The van der Waals surface area contributed by atoms with Gasteiger partial charge in [-0.05, 0) is 84.0 Å². The summed E-state index contributed by atoms with van der Waals surface area (Å²) < 4.78 is 27.8. The van der Waals surface area contributed by atoms with Crippen LogP contribution < -0.4 is 15.6 Å². The van der Waals surface area contributed by atoms with Crippen LogP contribution in [-0.4, -0.2) is 20.4 Å². The number of benzene rings is 2. The van der Waals surface area contributed by atoms with Crippen molar-refractivity contribution in [3.05, 3.63) is 57.7 Å². The van der Waals surface area contributed by atoms with Gasteiger partial charge in [0.2, 0.25) is 10.0 Å². The van der Waals surface area contributed by atoms with Crippen molar-refractivity contribution in [1.82, 2.24) is 10.1 Å². The summed E-state index contributed by atoms with van der Waals surface area (Å²) in [6.45, 7) is 0. The zero-order valence-electron chi connectivity index (χ0n) is 12.6. The van der Waals surface area contributed by atoms with Gasteiger partial charge in [0.15, 0.2) is 0 Å². The first-order valence-corrected chi connectivity index (χ1v) is 9.94. The molecule has 0 aromatic heterocycles. The molecule has 1 saturated carbocycles. The Kier molecular flexibility index (Phi) is 5.07. The number of hydrogen-bond donors (Lipinski definition) is 3. The molecule has 0 unspecified atom stereocenters. The van der Waals surface area contributed by atoms with E-state index in [4.69, 9.17) is 0 Å². The maximum atomic E-state index is 12.1. The highest BCUT2D eigenvalue weighted by atomic mass is 127. The molecule has 0 heterocycles. The largest absolute Gasteiger partial charge is 0.298 e. The molecule has 24 heavy (non-hydrogen) atoms. The molecule has 126 valence electrons. The summed E-state index contributed by atoms with van der Waals surface area (Å²) in [6.07, 6.45) is 1.78. The van der Waals surface area contributed by atoms with Crippen molar-refractivity contribution >= 4 is 44.2 Å². The van der Waals surface area contributed by atoms with Gasteiger partial charge in [-0.25, -0.2) is 13.1 Å². The molecule has 0 aliphatic heterocycles. The number of sulfonamides is 1. The molecule has 3 rings (SSSR count). The second-order valence-corrected chi connectivity index (χ2v) is 8.47. The van der Waals surface area contributed by atoms with Gasteiger partial charge in [0.25, 0.3) is 5.91 Å². The van der Waals surface area contributed by atoms with Crippen LogP contribution in [0.1, 0.15) is 23.2 Å². The van der Waals surface area contributed by atoms with Crippen molar-refractivity contribution in [2.75, 3.05) is 5.43 Å². The Morgan fingerprint density at radius 1 is 1.00 bits per heavy atom. The quantitative estimate of drug-likeness (QED) is 0.460. The normalized spacial score (nSPS) is 14.2. The summed E-state index contributed by atoms with van der Waals surface area (Å²) in [5, 5.41) is 0. The third-order valence-corrected chi connectivity index (χ3v) is 5.75. The number of rotatable bonds is 6. The Bertz CT molecular complexity index is 832. The predicted octanol–water partition coefficient (Wildman–Crippen LogP) is 2.49. The SMILES string of the molecule is O=C(NNc1ccc(S(=O)(=O)NC2CC2)cc1)c1ccc(I)cc1. The Hall–Kier alpha value is -1.65. The van der Waals surface area contributed by atoms with Crippen LogP contribution in [0.4, 0.5) is 5.69 Å². The lowest BCUT2D eigenvalue weighted by molar-refractivity contribution is 0.0962. The second-order valence-electron chi connectivity index (χ2n) is 5.51. The number of nitrogens with one attached hydrogen (secondary N) is 3. The number of hydrogen-bond acceptors (Lipinski definition) is 4. The molecule has 0 spiro atoms. The fourth-order valence-electron chi connectivity index (χ4n) is 2.01. The number of amides is 1. The molecule has 6 nitrogen and oxygen atoms in total. The molecule has 2 aromatic carbocycles. The molecular formula is C16H16IN3O3S. The molecular weight excluding hydrogens is 441 g/mol. The summed E-state index contributed by atoms with van der Waals surface area (Å²) in [7, 11) is -3.46. The average Bonchev–Trinajstić information content (AvgIpc) is 3.37. The fraction of sp³-hybridized carbons (Fsp3) is 0.188. The lowest BCUT2D eigenvalue weighted by Crippen LogP contribution is -2.29. The van der Waals surface area contributed by atoms with Crippen molar-refractivity contribution in [1.29, 1.82) is 0 Å². The van der Waals surface area contributed by atoms with Crippen LogP contribution in [-0.2, 0) is 10.0 Å². The van der Waals surface area contributed by atoms with Gasteiger partial charge in [-0.3, -0.25) is 15.6 Å². The van der Waals surface area contributed by atoms with Gasteiger partial charge < -0.3 is 0 Å². The van der Waals surface area contributed by atoms with Crippen LogP contribution in [0.3, 0.4) is 0 Å². The first-order valence-electron chi connectivity index (χ1n) is 7.38. The van der Waals surface area contributed by atoms with E-state index in [0.29, 0.717) is 11.3 Å². The summed E-state index contributed by atoms with van der Waals surface area (Å²) >= 11 is 2.17. The van der Waals surface area contributed by atoms with Crippen LogP contribution in [0.5, 0.6) is 0 Å². The van der Waals surface area contributed by atoms with Gasteiger partial charge >= 0.3 is 0 Å². The molecule has 8 heteroatoms. The van der Waals surface area contributed by atoms with Crippen molar-refractivity contribution in [3.8, 4) is 0 Å². The van der Waals surface area contributed by atoms with E-state index in [1.54, 1.807) is 24.3 Å². The van der Waals surface area contributed by atoms with Gasteiger partial charge in [0, 0.05) is 15.2 Å². The minimum Gasteiger partial charge on any atom is -0.298 e. The van der Waals surface area contributed by atoms with Gasteiger partial charge in [-0.2, -0.15) is 0 Å². The minimum absolute atomic E-state index is 0.0704. The van der Waals surface area contributed by atoms with Crippen molar-refractivity contribution in [3.63, 3.8) is 0 Å². The predicted molar refractivity (Wildman–Crippen MR) is 100 cm³/mol. The first kappa shape index (κ1) is 17.2. The topological polar surface area (TPSA) is 87.3 Å². The molecule has 1 aliphatic carbocycles. The van der Waals surface area contributed by atoms with Gasteiger partial charge in [0.05, 0.1) is 10.6 Å². The van der Waals surface area contributed by atoms with E-state index < -0.39 is 10.0 Å². The highest BCUT2D eigenvalue weighted by molar-refractivity contribution is 14.1. The van der Waals surface area contributed by atoms with E-state index in [0.717, 1.165) is 16.4 Å². The van der Waals surface area contributed by atoms with E-state index in [2.05, 4.69) is 38.2 Å². The number of hydrazine groups is 1. The summed E-state index contributed by atoms with van der Waals surface area (Å²) in [5.74, 6) is -0.265. The first-order chi connectivity index (χ1) is 11.4. The van der Waals surface area contributed by atoms with Crippen molar-refractivity contribution < 1.29 is 13.2 Å². The summed E-state index contributed by atoms with van der Waals surface area (Å²) in [6, 6.07) is 13.5. The minimum atomic E-state index is -3.46. The highest BCUT2D eigenvalue weighted by Crippen LogP contribution is 2.22. The lowest BCUT2D eigenvalue weighted by atomic mass is 10.2. The van der Waals surface area contributed by atoms with E-state index in [-0.39, 0.29) is 16.8 Å². The third kappa shape index (κ3) is 4.46. The standard InChI is InChI=1S/C16H16IN3O3S/c17-12-3-1-11(2-4-12)16(21)19-18-13-7-9-15(10-8-13)24(22,23)20-14-5-6-14/h1-4,7-10,14,18,20H,5-6H2,(H,19,21). The zero-order valence-corrected chi connectivity index (χ0v) is 15.6. The maximum Gasteiger partial charge on any atom is 0.269 e. The molecule has 0 atom stereocenters. The molecule has 1 aliphatic rings. The van der Waals surface area contributed by atoms with Crippen molar-refractivity contribution in [2.24, 2.45) is 0 Å². The van der Waals surface area contributed by atoms with Crippen LogP contribution in [0.25, 0.3) is 0 Å². The summed E-state index contributed by atoms with van der Waals surface area (Å²) in [5.41, 5.74) is 6.49. The second kappa shape index (κ2) is 7.08. The third-order valence-electron chi connectivity index (χ3n) is 3.49. The molecule has 0 radical (unpaired) electrons. The van der Waals surface area contributed by atoms with Crippen LogP contribution in [0.2, 0.25) is 0 Å². The van der Waals surface area contributed by atoms with E-state index in [1.807, 2.05) is 12.1 Å². The zero-order chi connectivity index (χ0) is 17.2. The molecule has 2 aromatic rings. The molecule has 1 fully saturated rings. The Labute approximate surface area is 154 Å². The maximum absolute atomic E-state index is 12.1. The van der Waals surface area contributed by atoms with E-state index in [9.17, 15) is 13.2 Å². The summed E-state index contributed by atoms with van der Waals surface area (Å²) in [4.78, 5) is 12.2. The fourth-order valence-corrected chi connectivity index (χ4v) is 3.67. The number of carbonyl (C=O) groups excluding carboxylic acids is 1. The van der Waals surface area contributed by atoms with Gasteiger partial charge in [-0.15, -0.1) is 0 Å². The van der Waals surface area contributed by atoms with Crippen LogP contribution in [0, 0.1) is 3.57 Å². The number of carbonyl (C=O) groups is 1. The number of halogens is 1.